The lowest BCUT2D eigenvalue weighted by molar-refractivity contribution is -0.119. The van der Waals surface area contributed by atoms with E-state index in [1.54, 1.807) is 0 Å². The Morgan fingerprint density at radius 3 is 3.11 bits per heavy atom. The summed E-state index contributed by atoms with van der Waals surface area (Å²) in [6.07, 6.45) is 4.22. The topological polar surface area (TPSA) is 84.8 Å². The van der Waals surface area contributed by atoms with Crippen molar-refractivity contribution in [3.8, 4) is 11.4 Å². The van der Waals surface area contributed by atoms with Gasteiger partial charge in [0.2, 0.25) is 5.91 Å². The van der Waals surface area contributed by atoms with Crippen molar-refractivity contribution >= 4 is 28.6 Å². The number of nitrogens with zero attached hydrogens (tertiary/aromatic N) is 3. The zero-order chi connectivity index (χ0) is 18.6. The molecule has 8 heteroatoms. The van der Waals surface area contributed by atoms with Gasteiger partial charge in [-0.05, 0) is 25.8 Å². The molecule has 1 unspecified atom stereocenters. The number of H-pyrrole nitrogens is 1. The summed E-state index contributed by atoms with van der Waals surface area (Å²) < 4.78 is 7.58. The van der Waals surface area contributed by atoms with Crippen LogP contribution in [0.15, 0.2) is 35.6 Å². The van der Waals surface area contributed by atoms with E-state index in [1.807, 2.05) is 29.0 Å². The predicted octanol–water partition coefficient (Wildman–Crippen LogP) is 2.83. The maximum atomic E-state index is 12.1. The number of rotatable bonds is 7. The minimum atomic E-state index is -0.00482. The van der Waals surface area contributed by atoms with Crippen LogP contribution in [0.25, 0.3) is 22.3 Å². The maximum Gasteiger partial charge on any atom is 0.230 e. The summed E-state index contributed by atoms with van der Waals surface area (Å²) in [5, 5.41) is 13.5. The maximum absolute atomic E-state index is 12.1. The molecule has 1 aliphatic rings. The Hall–Kier alpha value is -2.32. The normalized spacial score (nSPS) is 16.9. The lowest BCUT2D eigenvalue weighted by Crippen LogP contribution is -2.32. The molecule has 1 aromatic carbocycles. The second kappa shape index (κ2) is 8.14. The first-order valence-corrected chi connectivity index (χ1v) is 10.3. The summed E-state index contributed by atoms with van der Waals surface area (Å²) in [6.45, 7) is 4.18. The first-order valence-electron chi connectivity index (χ1n) is 9.27. The fraction of sp³-hybridized carbons (Fsp3) is 0.421. The van der Waals surface area contributed by atoms with Gasteiger partial charge in [-0.1, -0.05) is 30.0 Å². The fourth-order valence-corrected chi connectivity index (χ4v) is 4.18. The van der Waals surface area contributed by atoms with Crippen molar-refractivity contribution in [1.82, 2.24) is 25.1 Å². The van der Waals surface area contributed by atoms with Crippen LogP contribution in [0, 0.1) is 0 Å². The summed E-state index contributed by atoms with van der Waals surface area (Å²) in [7, 11) is 0. The highest BCUT2D eigenvalue weighted by molar-refractivity contribution is 7.99. The van der Waals surface area contributed by atoms with Crippen LogP contribution in [0.4, 0.5) is 0 Å². The molecule has 3 heterocycles. The molecule has 142 valence electrons. The molecule has 0 saturated carbocycles. The first-order chi connectivity index (χ1) is 13.3. The molecule has 2 aromatic heterocycles. The number of thioether (sulfide) groups is 1. The van der Waals surface area contributed by atoms with Gasteiger partial charge in [-0.15, -0.1) is 10.2 Å². The summed E-state index contributed by atoms with van der Waals surface area (Å²) in [5.74, 6) is 1.13. The molecule has 3 aromatic rings. The van der Waals surface area contributed by atoms with Crippen molar-refractivity contribution in [2.75, 3.05) is 18.9 Å². The molecular formula is C19H23N5O2S. The third-order valence-corrected chi connectivity index (χ3v) is 5.71. The molecule has 0 spiro atoms. The van der Waals surface area contributed by atoms with Gasteiger partial charge >= 0.3 is 0 Å². The second-order valence-corrected chi connectivity index (χ2v) is 7.47. The van der Waals surface area contributed by atoms with Gasteiger partial charge in [0.05, 0.1) is 11.9 Å². The van der Waals surface area contributed by atoms with Gasteiger partial charge in [-0.2, -0.15) is 0 Å². The summed E-state index contributed by atoms with van der Waals surface area (Å²) in [5.41, 5.74) is 2.09. The van der Waals surface area contributed by atoms with Crippen molar-refractivity contribution in [3.05, 3.63) is 30.5 Å². The number of hydrogen-bond donors (Lipinski definition) is 2. The van der Waals surface area contributed by atoms with Gasteiger partial charge in [0.15, 0.2) is 11.0 Å². The number of aromatic nitrogens is 4. The number of benzene rings is 1. The summed E-state index contributed by atoms with van der Waals surface area (Å²) >= 11 is 1.41. The second-order valence-electron chi connectivity index (χ2n) is 6.53. The SMILES string of the molecule is CCn1c(SCC(=O)NCC2CCCO2)nnc1-c1c[nH]c2ccccc12. The van der Waals surface area contributed by atoms with Crippen LogP contribution in [-0.4, -0.2) is 50.7 Å². The van der Waals surface area contributed by atoms with E-state index in [0.29, 0.717) is 12.3 Å². The van der Waals surface area contributed by atoms with E-state index in [2.05, 4.69) is 33.5 Å². The molecule has 4 rings (SSSR count). The van der Waals surface area contributed by atoms with Crippen LogP contribution in [0.2, 0.25) is 0 Å². The quantitative estimate of drug-likeness (QED) is 0.611. The van der Waals surface area contributed by atoms with Crippen LogP contribution in [0.5, 0.6) is 0 Å². The zero-order valence-electron chi connectivity index (χ0n) is 15.3. The van der Waals surface area contributed by atoms with E-state index in [9.17, 15) is 4.79 Å². The molecule has 2 N–H and O–H groups in total. The lowest BCUT2D eigenvalue weighted by atomic mass is 10.1. The fourth-order valence-electron chi connectivity index (χ4n) is 3.35. The van der Waals surface area contributed by atoms with Crippen molar-refractivity contribution in [3.63, 3.8) is 0 Å². The minimum absolute atomic E-state index is 0.00482. The predicted molar refractivity (Wildman–Crippen MR) is 106 cm³/mol. The van der Waals surface area contributed by atoms with E-state index >= 15 is 0 Å². The van der Waals surface area contributed by atoms with Crippen molar-refractivity contribution in [1.29, 1.82) is 0 Å². The van der Waals surface area contributed by atoms with Crippen LogP contribution < -0.4 is 5.32 Å². The number of carbonyl (C=O) groups is 1. The number of fused-ring (bicyclic) bond motifs is 1. The van der Waals surface area contributed by atoms with E-state index in [4.69, 9.17) is 4.74 Å². The molecule has 27 heavy (non-hydrogen) atoms. The number of aromatic amines is 1. The Bertz CT molecular complexity index is 929. The standard InChI is InChI=1S/C19H23N5O2S/c1-2-24-18(15-11-20-16-8-4-3-7-14(15)16)22-23-19(24)27-12-17(25)21-10-13-6-5-9-26-13/h3-4,7-8,11,13,20H,2,5-6,9-10,12H2,1H3,(H,21,25). The smallest absolute Gasteiger partial charge is 0.230 e. The van der Waals surface area contributed by atoms with Gasteiger partial charge in [0, 0.05) is 42.4 Å². The van der Waals surface area contributed by atoms with Crippen LogP contribution in [0.3, 0.4) is 0 Å². The molecule has 1 atom stereocenters. The van der Waals surface area contributed by atoms with Crippen LogP contribution >= 0.6 is 11.8 Å². The largest absolute Gasteiger partial charge is 0.376 e. The Balaban J connectivity index is 1.44. The van der Waals surface area contributed by atoms with E-state index in [1.165, 1.54) is 11.8 Å². The molecule has 1 saturated heterocycles. The van der Waals surface area contributed by atoms with Gasteiger partial charge in [0.1, 0.15) is 0 Å². The summed E-state index contributed by atoms with van der Waals surface area (Å²) in [6, 6.07) is 8.13. The van der Waals surface area contributed by atoms with Gasteiger partial charge in [0.25, 0.3) is 0 Å². The molecule has 0 bridgehead atoms. The average Bonchev–Trinajstić information content (AvgIpc) is 3.43. The molecule has 1 fully saturated rings. The Morgan fingerprint density at radius 1 is 1.41 bits per heavy atom. The third kappa shape index (κ3) is 3.86. The highest BCUT2D eigenvalue weighted by Gasteiger charge is 2.19. The van der Waals surface area contributed by atoms with Crippen molar-refractivity contribution in [2.24, 2.45) is 0 Å². The van der Waals surface area contributed by atoms with E-state index < -0.39 is 0 Å². The van der Waals surface area contributed by atoms with Crippen molar-refractivity contribution in [2.45, 2.75) is 37.6 Å². The van der Waals surface area contributed by atoms with Crippen LogP contribution in [-0.2, 0) is 16.1 Å². The highest BCUT2D eigenvalue weighted by Crippen LogP contribution is 2.29. The molecule has 7 nitrogen and oxygen atoms in total. The van der Waals surface area contributed by atoms with Crippen molar-refractivity contribution < 1.29 is 9.53 Å². The van der Waals surface area contributed by atoms with Gasteiger partial charge in [-0.3, -0.25) is 4.79 Å². The molecule has 0 aliphatic carbocycles. The number of amides is 1. The van der Waals surface area contributed by atoms with E-state index in [0.717, 1.165) is 53.4 Å². The number of para-hydroxylation sites is 1. The molecular weight excluding hydrogens is 362 g/mol. The Morgan fingerprint density at radius 2 is 2.30 bits per heavy atom. The third-order valence-electron chi connectivity index (χ3n) is 4.75. The zero-order valence-corrected chi connectivity index (χ0v) is 16.1. The molecule has 0 radical (unpaired) electrons. The lowest BCUT2D eigenvalue weighted by Gasteiger charge is -2.10. The molecule has 1 amide bonds. The molecule has 1 aliphatic heterocycles. The average molecular weight is 385 g/mol. The monoisotopic (exact) mass is 385 g/mol. The van der Waals surface area contributed by atoms with Gasteiger partial charge < -0.3 is 19.6 Å². The Kier molecular flexibility index (Phi) is 5.45. The van der Waals surface area contributed by atoms with Gasteiger partial charge in [-0.25, -0.2) is 0 Å². The first kappa shape index (κ1) is 18.1. The van der Waals surface area contributed by atoms with Crippen LogP contribution in [0.1, 0.15) is 19.8 Å². The summed E-state index contributed by atoms with van der Waals surface area (Å²) in [4.78, 5) is 15.4. The number of nitrogens with one attached hydrogen (secondary N) is 2. The van der Waals surface area contributed by atoms with E-state index in [-0.39, 0.29) is 12.0 Å². The minimum Gasteiger partial charge on any atom is -0.376 e. The number of hydrogen-bond acceptors (Lipinski definition) is 5. The Labute approximate surface area is 161 Å². The number of ether oxygens (including phenoxy) is 1. The number of carbonyl (C=O) groups excluding carboxylic acids is 1. The highest BCUT2D eigenvalue weighted by atomic mass is 32.2.